The van der Waals surface area contributed by atoms with Crippen LogP contribution in [-0.4, -0.2) is 18.4 Å². The number of ether oxygens (including phenoxy) is 1. The Hall–Kier alpha value is -2.46. The van der Waals surface area contributed by atoms with Gasteiger partial charge in [-0.1, -0.05) is 24.3 Å². The highest BCUT2D eigenvalue weighted by molar-refractivity contribution is 6.28. The number of carbonyl (C=O) groups excluding carboxylic acids is 2. The Morgan fingerprint density at radius 2 is 1.86 bits per heavy atom. The van der Waals surface area contributed by atoms with Crippen LogP contribution in [0.2, 0.25) is 0 Å². The molecule has 2 amide bonds. The van der Waals surface area contributed by atoms with E-state index in [0.29, 0.717) is 12.3 Å². The highest BCUT2D eigenvalue weighted by Gasteiger charge is 2.37. The van der Waals surface area contributed by atoms with Crippen LogP contribution >= 0.6 is 0 Å². The second-order valence-corrected chi connectivity index (χ2v) is 5.34. The summed E-state index contributed by atoms with van der Waals surface area (Å²) in [4.78, 5) is 25.1. The number of benzene rings is 1. The minimum Gasteiger partial charge on any atom is -0.369 e. The normalized spacial score (nSPS) is 22.5. The maximum absolute atomic E-state index is 11.9. The molecule has 0 fully saturated rings. The van der Waals surface area contributed by atoms with Crippen molar-refractivity contribution < 1.29 is 14.3 Å². The molecule has 22 heavy (non-hydrogen) atoms. The van der Waals surface area contributed by atoms with Crippen LogP contribution in [0.4, 0.5) is 5.69 Å². The summed E-state index contributed by atoms with van der Waals surface area (Å²) in [6, 6.07) is 5.84. The molecule has 0 aromatic heterocycles. The first-order valence-corrected chi connectivity index (χ1v) is 7.20. The molecule has 0 saturated heterocycles. The number of imide groups is 1. The summed E-state index contributed by atoms with van der Waals surface area (Å²) < 4.78 is 5.91. The Morgan fingerprint density at radius 3 is 2.50 bits per heavy atom. The van der Waals surface area contributed by atoms with Crippen LogP contribution in [0, 0.1) is 0 Å². The molecule has 4 nitrogen and oxygen atoms in total. The topological polar surface area (TPSA) is 46.6 Å². The number of anilines is 1. The van der Waals surface area contributed by atoms with Crippen LogP contribution in [0.1, 0.15) is 29.6 Å². The molecule has 2 atom stereocenters. The Labute approximate surface area is 129 Å². The monoisotopic (exact) mass is 295 g/mol. The predicted molar refractivity (Wildman–Crippen MR) is 84.5 cm³/mol. The number of fused-ring (bicyclic) bond motifs is 3. The number of hydrogen-bond donors (Lipinski definition) is 0. The van der Waals surface area contributed by atoms with Gasteiger partial charge in [0.15, 0.2) is 0 Å². The lowest BCUT2D eigenvalue weighted by Crippen LogP contribution is -2.33. The molecule has 1 heterocycles. The van der Waals surface area contributed by atoms with Crippen molar-refractivity contribution in [1.29, 1.82) is 0 Å². The molecule has 1 aliphatic heterocycles. The molecule has 0 radical (unpaired) electrons. The molecular weight excluding hydrogens is 278 g/mol. The van der Waals surface area contributed by atoms with Gasteiger partial charge in [-0.15, -0.1) is 13.2 Å². The van der Waals surface area contributed by atoms with Gasteiger partial charge in [-0.2, -0.15) is 0 Å². The molecular formula is C18H17NO3. The molecule has 1 aromatic carbocycles. The highest BCUT2D eigenvalue weighted by atomic mass is 16.5. The SMILES string of the molecule is C=CCOC1c2ccc(cc2N2C(=O)C=CC2=O)C1CC=C. The zero-order chi connectivity index (χ0) is 15.7. The summed E-state index contributed by atoms with van der Waals surface area (Å²) in [5.41, 5.74) is 2.52. The Kier molecular flexibility index (Phi) is 3.77. The Bertz CT molecular complexity index is 672. The maximum Gasteiger partial charge on any atom is 0.258 e. The van der Waals surface area contributed by atoms with E-state index in [0.717, 1.165) is 17.5 Å². The fraction of sp³-hybridized carbons (Fsp3) is 0.222. The van der Waals surface area contributed by atoms with E-state index in [1.165, 1.54) is 17.1 Å². The zero-order valence-electron chi connectivity index (χ0n) is 12.2. The van der Waals surface area contributed by atoms with Gasteiger partial charge in [-0.05, 0) is 18.1 Å². The quantitative estimate of drug-likeness (QED) is 0.598. The molecule has 2 aliphatic carbocycles. The van der Waals surface area contributed by atoms with Crippen molar-refractivity contribution in [2.24, 2.45) is 0 Å². The minimum atomic E-state index is -0.312. The molecule has 0 spiro atoms. The third kappa shape index (κ3) is 2.22. The fourth-order valence-electron chi connectivity index (χ4n) is 3.07. The number of nitrogens with zero attached hydrogens (tertiary/aromatic N) is 1. The molecule has 2 unspecified atom stereocenters. The highest BCUT2D eigenvalue weighted by Crippen LogP contribution is 2.47. The summed E-state index contributed by atoms with van der Waals surface area (Å²) in [6.45, 7) is 7.89. The number of rotatable bonds is 6. The standard InChI is InChI=1S/C18H17NO3/c1-3-5-13-12-6-7-14(18(13)22-10-4-2)15(11-12)19-16(20)8-9-17(19)21/h3-4,6-9,11,13,18H,1-2,5,10H2. The lowest BCUT2D eigenvalue weighted by molar-refractivity contribution is -0.120. The predicted octanol–water partition coefficient (Wildman–Crippen LogP) is 3.03. The van der Waals surface area contributed by atoms with Gasteiger partial charge in [-0.3, -0.25) is 9.59 Å². The number of amides is 2. The Morgan fingerprint density at radius 1 is 1.14 bits per heavy atom. The van der Waals surface area contributed by atoms with Crippen LogP contribution < -0.4 is 4.90 Å². The van der Waals surface area contributed by atoms with E-state index in [4.69, 9.17) is 4.74 Å². The van der Waals surface area contributed by atoms with E-state index in [1.54, 1.807) is 6.08 Å². The average molecular weight is 295 g/mol. The van der Waals surface area contributed by atoms with Gasteiger partial charge in [0.25, 0.3) is 11.8 Å². The summed E-state index contributed by atoms with van der Waals surface area (Å²) in [5.74, 6) is -0.469. The summed E-state index contributed by atoms with van der Waals surface area (Å²) in [7, 11) is 0. The molecule has 4 rings (SSSR count). The first-order chi connectivity index (χ1) is 10.7. The summed E-state index contributed by atoms with van der Waals surface area (Å²) >= 11 is 0. The second-order valence-electron chi connectivity index (χ2n) is 5.34. The van der Waals surface area contributed by atoms with E-state index in [9.17, 15) is 9.59 Å². The molecule has 4 heteroatoms. The van der Waals surface area contributed by atoms with Crippen LogP contribution in [-0.2, 0) is 14.3 Å². The first kappa shape index (κ1) is 14.5. The van der Waals surface area contributed by atoms with Crippen LogP contribution in [0.3, 0.4) is 0 Å². The van der Waals surface area contributed by atoms with Gasteiger partial charge in [0.1, 0.15) is 0 Å². The van der Waals surface area contributed by atoms with Crippen molar-refractivity contribution in [3.63, 3.8) is 0 Å². The van der Waals surface area contributed by atoms with Crippen molar-refractivity contribution in [1.82, 2.24) is 0 Å². The fourth-order valence-corrected chi connectivity index (χ4v) is 3.07. The summed E-state index contributed by atoms with van der Waals surface area (Å²) in [5, 5.41) is 0. The van der Waals surface area contributed by atoms with Gasteiger partial charge in [-0.25, -0.2) is 4.90 Å². The van der Waals surface area contributed by atoms with Crippen molar-refractivity contribution in [3.8, 4) is 0 Å². The van der Waals surface area contributed by atoms with E-state index < -0.39 is 0 Å². The number of hydrogen-bond acceptors (Lipinski definition) is 3. The Balaban J connectivity index is 2.03. The number of allylic oxidation sites excluding steroid dienone is 1. The van der Waals surface area contributed by atoms with Gasteiger partial charge in [0, 0.05) is 23.6 Å². The third-order valence-corrected chi connectivity index (χ3v) is 4.02. The van der Waals surface area contributed by atoms with Gasteiger partial charge >= 0.3 is 0 Å². The smallest absolute Gasteiger partial charge is 0.258 e. The van der Waals surface area contributed by atoms with Crippen molar-refractivity contribution >= 4 is 17.5 Å². The van der Waals surface area contributed by atoms with Crippen LogP contribution in [0.25, 0.3) is 0 Å². The molecule has 2 bridgehead atoms. The minimum absolute atomic E-state index is 0.155. The van der Waals surface area contributed by atoms with E-state index in [-0.39, 0.29) is 23.8 Å². The van der Waals surface area contributed by atoms with E-state index in [1.807, 2.05) is 24.3 Å². The molecule has 0 N–H and O–H groups in total. The molecule has 0 saturated carbocycles. The van der Waals surface area contributed by atoms with Crippen molar-refractivity contribution in [2.75, 3.05) is 11.5 Å². The molecule has 112 valence electrons. The van der Waals surface area contributed by atoms with Gasteiger partial charge in [0.2, 0.25) is 0 Å². The maximum atomic E-state index is 11.9. The second kappa shape index (κ2) is 5.73. The van der Waals surface area contributed by atoms with E-state index >= 15 is 0 Å². The third-order valence-electron chi connectivity index (χ3n) is 4.02. The van der Waals surface area contributed by atoms with Gasteiger partial charge in [0.05, 0.1) is 18.4 Å². The van der Waals surface area contributed by atoms with E-state index in [2.05, 4.69) is 13.2 Å². The molecule has 1 aromatic rings. The lowest BCUT2D eigenvalue weighted by atomic mass is 9.79. The van der Waals surface area contributed by atoms with Crippen LogP contribution in [0.15, 0.2) is 55.7 Å². The first-order valence-electron chi connectivity index (χ1n) is 7.20. The van der Waals surface area contributed by atoms with Crippen LogP contribution in [0.5, 0.6) is 0 Å². The average Bonchev–Trinajstić information content (AvgIpc) is 2.86. The van der Waals surface area contributed by atoms with Crippen molar-refractivity contribution in [2.45, 2.75) is 18.4 Å². The lowest BCUT2D eigenvalue weighted by Gasteiger charge is -2.35. The molecule has 3 aliphatic rings. The zero-order valence-corrected chi connectivity index (χ0v) is 12.2. The largest absolute Gasteiger partial charge is 0.369 e. The van der Waals surface area contributed by atoms with Gasteiger partial charge < -0.3 is 4.74 Å². The van der Waals surface area contributed by atoms with Crippen molar-refractivity contribution in [3.05, 3.63) is 66.8 Å². The summed E-state index contributed by atoms with van der Waals surface area (Å²) in [6.07, 6.45) is 6.71. The number of carbonyl (C=O) groups is 2.